The fourth-order valence-electron chi connectivity index (χ4n) is 1.83. The molecule has 4 nitrogen and oxygen atoms in total. The summed E-state index contributed by atoms with van der Waals surface area (Å²) in [4.78, 5) is 11.2. The summed E-state index contributed by atoms with van der Waals surface area (Å²) in [5.41, 5.74) is 0. The summed E-state index contributed by atoms with van der Waals surface area (Å²) < 4.78 is 5.91. The second kappa shape index (κ2) is 9.14. The van der Waals surface area contributed by atoms with Crippen LogP contribution in [0.15, 0.2) is 30.3 Å². The van der Waals surface area contributed by atoms with Crippen LogP contribution in [0.5, 0.6) is 0 Å². The second-order valence-corrected chi connectivity index (χ2v) is 7.07. The topological polar surface area (TPSA) is 66.8 Å². The van der Waals surface area contributed by atoms with Crippen molar-refractivity contribution >= 4 is 25.4 Å². The Morgan fingerprint density at radius 2 is 1.90 bits per heavy atom. The summed E-state index contributed by atoms with van der Waals surface area (Å²) in [5.74, 6) is -0.648. The molecule has 5 heteroatoms. The van der Waals surface area contributed by atoms with Gasteiger partial charge in [-0.2, -0.15) is 0 Å². The summed E-state index contributed by atoms with van der Waals surface area (Å²) in [6.45, 7) is 3.89. The van der Waals surface area contributed by atoms with Crippen molar-refractivity contribution in [3.8, 4) is 0 Å². The van der Waals surface area contributed by atoms with Crippen LogP contribution in [-0.2, 0) is 9.53 Å². The molecule has 112 valence electrons. The number of carbonyl (C=O) groups is 1. The summed E-state index contributed by atoms with van der Waals surface area (Å²) in [6, 6.07) is 9.64. The van der Waals surface area contributed by atoms with Gasteiger partial charge in [0.1, 0.15) is 0 Å². The third-order valence-corrected chi connectivity index (χ3v) is 5.73. The van der Waals surface area contributed by atoms with Crippen molar-refractivity contribution in [1.29, 1.82) is 0 Å². The Hall–Kier alpha value is -0.871. The van der Waals surface area contributed by atoms with E-state index in [1.165, 1.54) is 0 Å². The molecule has 0 bridgehead atoms. The fourth-order valence-corrected chi connectivity index (χ4v) is 4.27. The van der Waals surface area contributed by atoms with Crippen LogP contribution < -0.4 is 4.46 Å². The molecule has 0 saturated carbocycles. The standard InChI is InChI=1S/C15H22O4Se/c1-3-8-12(16)14(13(17)15(18)19-4-2)20-11-9-6-5-7-10-11/h5-7,9-10,12-14,16-17H,3-4,8H2,1-2H3/t12-,13+,14-/m1/s1. The predicted octanol–water partition coefficient (Wildman–Crippen LogP) is 0.890. The Kier molecular flexibility index (Phi) is 7.85. The minimum atomic E-state index is -1.27. The van der Waals surface area contributed by atoms with Crippen LogP contribution >= 0.6 is 0 Å². The number of carbonyl (C=O) groups excluding carboxylic acids is 1. The molecule has 0 unspecified atom stereocenters. The molecule has 20 heavy (non-hydrogen) atoms. The summed E-state index contributed by atoms with van der Waals surface area (Å²) >= 11 is -0.192. The van der Waals surface area contributed by atoms with E-state index in [0.717, 1.165) is 10.9 Å². The van der Waals surface area contributed by atoms with Crippen LogP contribution in [0, 0.1) is 0 Å². The fraction of sp³-hybridized carbons (Fsp3) is 0.533. The molecule has 0 aliphatic rings. The van der Waals surface area contributed by atoms with Crippen LogP contribution in [-0.4, -0.2) is 50.0 Å². The molecular formula is C15H22O4Se. The van der Waals surface area contributed by atoms with Gasteiger partial charge < -0.3 is 0 Å². The molecule has 3 atom stereocenters. The van der Waals surface area contributed by atoms with Gasteiger partial charge in [-0.15, -0.1) is 0 Å². The molecular weight excluding hydrogens is 323 g/mol. The van der Waals surface area contributed by atoms with Crippen LogP contribution in [0.1, 0.15) is 26.7 Å². The number of hydrogen-bond donors (Lipinski definition) is 2. The molecule has 1 rings (SSSR count). The molecule has 1 aromatic carbocycles. The number of benzene rings is 1. The number of esters is 1. The van der Waals surface area contributed by atoms with Crippen molar-refractivity contribution in [3.63, 3.8) is 0 Å². The molecule has 0 saturated heterocycles. The first-order valence-electron chi connectivity index (χ1n) is 6.84. The van der Waals surface area contributed by atoms with Crippen molar-refractivity contribution in [3.05, 3.63) is 30.3 Å². The zero-order valence-corrected chi connectivity index (χ0v) is 13.6. The predicted molar refractivity (Wildman–Crippen MR) is 79.1 cm³/mol. The monoisotopic (exact) mass is 346 g/mol. The van der Waals surface area contributed by atoms with Gasteiger partial charge in [0.2, 0.25) is 0 Å². The first-order chi connectivity index (χ1) is 9.60. The maximum absolute atomic E-state index is 11.7. The number of aliphatic hydroxyl groups excluding tert-OH is 2. The third kappa shape index (κ3) is 5.25. The first-order valence-corrected chi connectivity index (χ1v) is 8.69. The van der Waals surface area contributed by atoms with Crippen molar-refractivity contribution in [1.82, 2.24) is 0 Å². The van der Waals surface area contributed by atoms with E-state index in [9.17, 15) is 15.0 Å². The van der Waals surface area contributed by atoms with E-state index in [1.807, 2.05) is 37.3 Å². The maximum atomic E-state index is 11.7. The van der Waals surface area contributed by atoms with E-state index in [2.05, 4.69) is 0 Å². The molecule has 0 spiro atoms. The van der Waals surface area contributed by atoms with Gasteiger partial charge in [-0.3, -0.25) is 0 Å². The van der Waals surface area contributed by atoms with E-state index < -0.39 is 23.0 Å². The van der Waals surface area contributed by atoms with Gasteiger partial charge >= 0.3 is 126 Å². The van der Waals surface area contributed by atoms with Crippen molar-refractivity contribution < 1.29 is 19.7 Å². The van der Waals surface area contributed by atoms with Gasteiger partial charge in [0.15, 0.2) is 0 Å². The molecule has 1 aromatic rings. The Morgan fingerprint density at radius 3 is 2.45 bits per heavy atom. The molecule has 0 fully saturated rings. The number of ether oxygens (including phenoxy) is 1. The molecule has 0 aliphatic carbocycles. The van der Waals surface area contributed by atoms with Crippen LogP contribution in [0.25, 0.3) is 0 Å². The van der Waals surface area contributed by atoms with E-state index in [1.54, 1.807) is 6.92 Å². The molecule has 0 radical (unpaired) electrons. The van der Waals surface area contributed by atoms with Gasteiger partial charge in [0, 0.05) is 0 Å². The molecule has 0 heterocycles. The summed E-state index contributed by atoms with van der Waals surface area (Å²) in [5, 5.41) is 20.4. The summed E-state index contributed by atoms with van der Waals surface area (Å²) in [6.07, 6.45) is -0.593. The van der Waals surface area contributed by atoms with Crippen LogP contribution in [0.2, 0.25) is 4.82 Å². The van der Waals surface area contributed by atoms with Crippen molar-refractivity contribution in [2.45, 2.75) is 43.7 Å². The van der Waals surface area contributed by atoms with Crippen molar-refractivity contribution in [2.75, 3.05) is 6.61 Å². The Morgan fingerprint density at radius 1 is 1.25 bits per heavy atom. The van der Waals surface area contributed by atoms with Gasteiger partial charge in [0.25, 0.3) is 0 Å². The quantitative estimate of drug-likeness (QED) is 0.543. The van der Waals surface area contributed by atoms with Gasteiger partial charge in [-0.1, -0.05) is 0 Å². The van der Waals surface area contributed by atoms with Gasteiger partial charge in [-0.05, 0) is 0 Å². The molecule has 0 aliphatic heterocycles. The van der Waals surface area contributed by atoms with Gasteiger partial charge in [0.05, 0.1) is 0 Å². The van der Waals surface area contributed by atoms with Crippen LogP contribution in [0.4, 0.5) is 0 Å². The van der Waals surface area contributed by atoms with E-state index in [0.29, 0.717) is 6.42 Å². The Bertz CT molecular complexity index is 396. The molecule has 2 N–H and O–H groups in total. The van der Waals surface area contributed by atoms with Gasteiger partial charge in [-0.25, -0.2) is 0 Å². The minimum absolute atomic E-state index is 0.192. The number of aliphatic hydroxyl groups is 2. The van der Waals surface area contributed by atoms with Crippen molar-refractivity contribution in [2.24, 2.45) is 0 Å². The van der Waals surface area contributed by atoms with E-state index in [4.69, 9.17) is 4.74 Å². The van der Waals surface area contributed by atoms with Crippen LogP contribution in [0.3, 0.4) is 0 Å². The molecule has 0 amide bonds. The van der Waals surface area contributed by atoms with E-state index >= 15 is 0 Å². The SMILES string of the molecule is CCC[C@@H](O)[C@@H]([Se]c1ccccc1)[C@H](O)C(=O)OCC. The molecule has 0 aromatic heterocycles. The Balaban J connectivity index is 2.81. The number of rotatable bonds is 8. The summed E-state index contributed by atoms with van der Waals surface area (Å²) in [7, 11) is 0. The zero-order chi connectivity index (χ0) is 15.0. The third-order valence-electron chi connectivity index (χ3n) is 2.82. The average molecular weight is 345 g/mol. The zero-order valence-electron chi connectivity index (χ0n) is 11.9. The first kappa shape index (κ1) is 17.2. The second-order valence-electron chi connectivity index (χ2n) is 4.45. The Labute approximate surface area is 126 Å². The number of hydrogen-bond acceptors (Lipinski definition) is 4. The normalized spacial score (nSPS) is 15.4. The van der Waals surface area contributed by atoms with E-state index in [-0.39, 0.29) is 21.6 Å². The average Bonchev–Trinajstić information content (AvgIpc) is 2.45.